The zero-order valence-electron chi connectivity index (χ0n) is 20.5. The van der Waals surface area contributed by atoms with E-state index in [2.05, 4.69) is 39.8 Å². The van der Waals surface area contributed by atoms with Crippen molar-refractivity contribution in [1.82, 2.24) is 0 Å². The van der Waals surface area contributed by atoms with Gasteiger partial charge in [-0.05, 0) is 80.0 Å². The summed E-state index contributed by atoms with van der Waals surface area (Å²) < 4.78 is 13.6. The fraction of sp³-hybridized carbons (Fsp3) is 0.571. The van der Waals surface area contributed by atoms with Crippen LogP contribution in [0.15, 0.2) is 42.5 Å². The van der Waals surface area contributed by atoms with Crippen LogP contribution >= 0.6 is 11.6 Å². The predicted octanol–water partition coefficient (Wildman–Crippen LogP) is 9.06. The van der Waals surface area contributed by atoms with Gasteiger partial charge in [0.1, 0.15) is 5.82 Å². The molecule has 0 saturated heterocycles. The molecule has 1 N–H and O–H groups in total. The Morgan fingerprint density at radius 2 is 1.55 bits per heavy atom. The monoisotopic (exact) mass is 448 g/mol. The Hall–Kier alpha value is -1.38. The van der Waals surface area contributed by atoms with Crippen molar-refractivity contribution in [2.45, 2.75) is 98.0 Å². The normalized spacial score (nSPS) is 13.5. The van der Waals surface area contributed by atoms with Crippen molar-refractivity contribution >= 4 is 11.6 Å². The van der Waals surface area contributed by atoms with Crippen LogP contribution in [0.2, 0.25) is 5.02 Å². The van der Waals surface area contributed by atoms with Crippen LogP contribution in [0.4, 0.5) is 4.39 Å². The van der Waals surface area contributed by atoms with Gasteiger partial charge in [0, 0.05) is 10.9 Å². The van der Waals surface area contributed by atoms with Crippen LogP contribution in [0, 0.1) is 18.7 Å². The summed E-state index contributed by atoms with van der Waals surface area (Å²) >= 11 is 5.82. The average molecular weight is 449 g/mol. The Morgan fingerprint density at radius 1 is 0.968 bits per heavy atom. The molecule has 2 rings (SSSR count). The molecule has 2 atom stereocenters. The van der Waals surface area contributed by atoms with Crippen molar-refractivity contribution < 1.29 is 9.50 Å². The van der Waals surface area contributed by atoms with Gasteiger partial charge in [0.15, 0.2) is 0 Å². The largest absolute Gasteiger partial charge is 0.390 e. The van der Waals surface area contributed by atoms with Gasteiger partial charge in [-0.15, -0.1) is 0 Å². The third-order valence-electron chi connectivity index (χ3n) is 6.13. The Bertz CT molecular complexity index is 739. The highest BCUT2D eigenvalue weighted by Gasteiger charge is 2.33. The van der Waals surface area contributed by atoms with E-state index < -0.39 is 5.60 Å². The molecule has 0 aliphatic rings. The van der Waals surface area contributed by atoms with E-state index in [1.54, 1.807) is 6.07 Å². The number of aliphatic hydroxyl groups is 1. The van der Waals surface area contributed by atoms with E-state index in [4.69, 9.17) is 11.6 Å². The maximum absolute atomic E-state index is 13.6. The Kier molecular flexibility index (Phi) is 11.8. The lowest BCUT2D eigenvalue weighted by atomic mass is 9.73. The lowest BCUT2D eigenvalue weighted by Crippen LogP contribution is -2.34. The molecule has 1 nitrogen and oxygen atoms in total. The molecule has 0 bridgehead atoms. The van der Waals surface area contributed by atoms with E-state index in [9.17, 15) is 9.50 Å². The molecule has 0 aliphatic carbocycles. The molecule has 0 saturated carbocycles. The molecule has 0 fully saturated rings. The Labute approximate surface area is 195 Å². The second kappa shape index (κ2) is 13.2. The van der Waals surface area contributed by atoms with E-state index in [0.29, 0.717) is 11.8 Å². The number of hydrogen-bond donors (Lipinski definition) is 1. The molecule has 0 radical (unpaired) electrons. The smallest absolute Gasteiger partial charge is 0.123 e. The molecule has 174 valence electrons. The van der Waals surface area contributed by atoms with E-state index in [-0.39, 0.29) is 11.7 Å². The summed E-state index contributed by atoms with van der Waals surface area (Å²) in [7, 11) is 0. The molecule has 0 aliphatic heterocycles. The van der Waals surface area contributed by atoms with Crippen LogP contribution in [0.25, 0.3) is 0 Å². The van der Waals surface area contributed by atoms with E-state index >= 15 is 0 Å². The predicted molar refractivity (Wildman–Crippen MR) is 134 cm³/mol. The number of rotatable bonds is 9. The van der Waals surface area contributed by atoms with Crippen LogP contribution in [0.5, 0.6) is 0 Å². The first-order valence-electron chi connectivity index (χ1n) is 11.8. The third kappa shape index (κ3) is 9.33. The lowest BCUT2D eigenvalue weighted by Gasteiger charge is -2.36. The Morgan fingerprint density at radius 3 is 2.00 bits per heavy atom. The molecule has 0 spiro atoms. The fourth-order valence-electron chi connectivity index (χ4n) is 4.43. The van der Waals surface area contributed by atoms with Crippen LogP contribution in [-0.4, -0.2) is 10.7 Å². The van der Waals surface area contributed by atoms with Crippen molar-refractivity contribution in [1.29, 1.82) is 0 Å². The van der Waals surface area contributed by atoms with Gasteiger partial charge in [0.2, 0.25) is 0 Å². The van der Waals surface area contributed by atoms with Gasteiger partial charge in [-0.3, -0.25) is 0 Å². The maximum atomic E-state index is 13.6. The molecule has 2 aromatic carbocycles. The average Bonchev–Trinajstić information content (AvgIpc) is 2.69. The molecular weight excluding hydrogens is 407 g/mol. The molecule has 3 heteroatoms. The number of benzene rings is 2. The second-order valence-corrected chi connectivity index (χ2v) is 9.80. The van der Waals surface area contributed by atoms with Gasteiger partial charge in [-0.25, -0.2) is 4.39 Å². The molecule has 2 aromatic rings. The minimum Gasteiger partial charge on any atom is -0.390 e. The molecular formula is C28H42ClFO. The maximum Gasteiger partial charge on any atom is 0.123 e. The summed E-state index contributed by atoms with van der Waals surface area (Å²) in [6.07, 6.45) is 5.83. The lowest BCUT2D eigenvalue weighted by molar-refractivity contribution is 0.0253. The molecule has 0 heterocycles. The number of hydrogen-bond acceptors (Lipinski definition) is 1. The van der Waals surface area contributed by atoms with Crippen LogP contribution in [0.1, 0.15) is 102 Å². The zero-order valence-corrected chi connectivity index (χ0v) is 21.3. The van der Waals surface area contributed by atoms with Crippen molar-refractivity contribution in [3.05, 3.63) is 70.0 Å². The van der Waals surface area contributed by atoms with Gasteiger partial charge in [-0.2, -0.15) is 0 Å². The summed E-state index contributed by atoms with van der Waals surface area (Å²) in [6, 6.07) is 13.3. The topological polar surface area (TPSA) is 20.2 Å². The molecule has 2 unspecified atom stereocenters. The quantitative estimate of drug-likeness (QED) is 0.405. The minimum absolute atomic E-state index is 0.0260. The van der Waals surface area contributed by atoms with Gasteiger partial charge >= 0.3 is 0 Å². The van der Waals surface area contributed by atoms with Crippen LogP contribution in [-0.2, 0) is 0 Å². The molecule has 0 aromatic heterocycles. The third-order valence-corrected chi connectivity index (χ3v) is 6.39. The number of halogens is 2. The van der Waals surface area contributed by atoms with Crippen molar-refractivity contribution in [2.75, 3.05) is 0 Å². The summed E-state index contributed by atoms with van der Waals surface area (Å²) in [4.78, 5) is 0. The highest BCUT2D eigenvalue weighted by molar-refractivity contribution is 6.30. The SMILES string of the molecule is CCC(CC)C(c1cc(C)cc(F)c1)C(C)(C)O.CCCCC(C)c1ccc(Cl)cc1. The van der Waals surface area contributed by atoms with Gasteiger partial charge in [0.05, 0.1) is 5.60 Å². The van der Waals surface area contributed by atoms with Gasteiger partial charge < -0.3 is 5.11 Å². The first-order valence-corrected chi connectivity index (χ1v) is 12.2. The zero-order chi connectivity index (χ0) is 23.6. The number of unbranched alkanes of at least 4 members (excludes halogenated alkanes) is 1. The highest BCUT2D eigenvalue weighted by Crippen LogP contribution is 2.39. The van der Waals surface area contributed by atoms with E-state index in [1.165, 1.54) is 30.9 Å². The molecule has 0 amide bonds. The first-order chi connectivity index (χ1) is 14.5. The van der Waals surface area contributed by atoms with Gasteiger partial charge in [0.25, 0.3) is 0 Å². The van der Waals surface area contributed by atoms with Crippen LogP contribution < -0.4 is 0 Å². The van der Waals surface area contributed by atoms with E-state index in [0.717, 1.165) is 29.0 Å². The van der Waals surface area contributed by atoms with Crippen molar-refractivity contribution in [3.8, 4) is 0 Å². The Balaban J connectivity index is 0.000000327. The standard InChI is InChI=1S/C16H25FO.C12H17Cl/c1-6-12(7-2)15(16(4,5)18)13-8-11(3)9-14(17)10-13;1-3-4-5-10(2)11-6-8-12(13)9-7-11/h8-10,12,15,18H,6-7H2,1-5H3;6-10H,3-5H2,1-2H3. The van der Waals surface area contributed by atoms with Gasteiger partial charge in [-0.1, -0.05) is 83.2 Å². The fourth-order valence-corrected chi connectivity index (χ4v) is 4.56. The summed E-state index contributed by atoms with van der Waals surface area (Å²) in [5.41, 5.74) is 2.38. The molecule has 31 heavy (non-hydrogen) atoms. The second-order valence-electron chi connectivity index (χ2n) is 9.36. The summed E-state index contributed by atoms with van der Waals surface area (Å²) in [5, 5.41) is 11.2. The van der Waals surface area contributed by atoms with Crippen molar-refractivity contribution in [3.63, 3.8) is 0 Å². The van der Waals surface area contributed by atoms with E-state index in [1.807, 2.05) is 39.0 Å². The summed E-state index contributed by atoms with van der Waals surface area (Å²) in [5.74, 6) is 0.788. The van der Waals surface area contributed by atoms with Crippen LogP contribution in [0.3, 0.4) is 0 Å². The first kappa shape index (κ1) is 27.7. The summed E-state index contributed by atoms with van der Waals surface area (Å²) in [6.45, 7) is 14.3. The van der Waals surface area contributed by atoms with Crippen molar-refractivity contribution in [2.24, 2.45) is 5.92 Å². The number of aryl methyl sites for hydroxylation is 1. The highest BCUT2D eigenvalue weighted by atomic mass is 35.5. The minimum atomic E-state index is -0.836.